The second-order valence-electron chi connectivity index (χ2n) is 6.39. The fourth-order valence-corrected chi connectivity index (χ4v) is 3.33. The Bertz CT molecular complexity index is 635. The van der Waals surface area contributed by atoms with Gasteiger partial charge in [-0.3, -0.25) is 9.89 Å². The summed E-state index contributed by atoms with van der Waals surface area (Å²) in [6.45, 7) is 1.53. The molecule has 1 heterocycles. The zero-order chi connectivity index (χ0) is 15.9. The summed E-state index contributed by atoms with van der Waals surface area (Å²) in [6, 6.07) is 8.49. The van der Waals surface area contributed by atoms with Gasteiger partial charge in [0.25, 0.3) is 0 Å². The number of rotatable bonds is 6. The molecule has 0 saturated heterocycles. The summed E-state index contributed by atoms with van der Waals surface area (Å²) in [4.78, 5) is 12.1. The summed E-state index contributed by atoms with van der Waals surface area (Å²) in [5, 5.41) is 14.8. The molecule has 1 aliphatic rings. The average molecular weight is 351 g/mol. The van der Waals surface area contributed by atoms with E-state index in [-0.39, 0.29) is 18.3 Å². The molecule has 1 fully saturated rings. The second-order valence-corrected chi connectivity index (χ2v) is 6.39. The van der Waals surface area contributed by atoms with Gasteiger partial charge in [-0.05, 0) is 18.9 Å². The van der Waals surface area contributed by atoms with Crippen LogP contribution in [0.1, 0.15) is 44.2 Å². The maximum absolute atomic E-state index is 12.1. The van der Waals surface area contributed by atoms with Crippen molar-refractivity contribution >= 4 is 29.2 Å². The molecule has 24 heavy (non-hydrogen) atoms. The first kappa shape index (κ1) is 18.7. The molecule has 0 radical (unpaired) electrons. The molecule has 1 aromatic heterocycles. The molecule has 0 atom stereocenters. The molecule has 6 heteroatoms. The molecule has 0 aliphatic heterocycles. The molecule has 132 valence electrons. The van der Waals surface area contributed by atoms with E-state index in [1.165, 1.54) is 38.5 Å². The molecule has 1 amide bonds. The molecule has 3 rings (SSSR count). The zero-order valence-electron chi connectivity index (χ0n) is 14.0. The van der Waals surface area contributed by atoms with Crippen molar-refractivity contribution in [1.29, 1.82) is 0 Å². The summed E-state index contributed by atoms with van der Waals surface area (Å²) < 4.78 is 0. The highest BCUT2D eigenvalue weighted by Gasteiger charge is 2.12. The minimum Gasteiger partial charge on any atom is -0.354 e. The lowest BCUT2D eigenvalue weighted by atomic mass is 10.1. The van der Waals surface area contributed by atoms with Crippen LogP contribution in [0.2, 0.25) is 0 Å². The van der Waals surface area contributed by atoms with Gasteiger partial charge in [-0.25, -0.2) is 0 Å². The van der Waals surface area contributed by atoms with E-state index in [4.69, 9.17) is 0 Å². The summed E-state index contributed by atoms with van der Waals surface area (Å²) in [5.41, 5.74) is 1.79. The number of hydrogen-bond acceptors (Lipinski definition) is 3. The number of aromatic amines is 1. The number of carbonyl (C=O) groups excluding carboxylic acids is 1. The normalized spacial score (nSPS) is 15.7. The number of hydrogen-bond donors (Lipinski definition) is 3. The van der Waals surface area contributed by atoms with E-state index in [9.17, 15) is 4.79 Å². The Hall–Kier alpha value is -1.59. The van der Waals surface area contributed by atoms with Gasteiger partial charge in [0.1, 0.15) is 0 Å². The van der Waals surface area contributed by atoms with E-state index < -0.39 is 0 Å². The SMILES string of the molecule is Cl.O=C(Cc1[nH]nc2ccccc12)NCCNC1CCCCCC1. The number of nitrogens with one attached hydrogen (secondary N) is 3. The minimum absolute atomic E-state index is 0. The Morgan fingerprint density at radius 1 is 1.12 bits per heavy atom. The first-order valence-corrected chi connectivity index (χ1v) is 8.75. The first-order chi connectivity index (χ1) is 11.3. The van der Waals surface area contributed by atoms with Crippen LogP contribution in [0.25, 0.3) is 10.9 Å². The van der Waals surface area contributed by atoms with Crippen molar-refractivity contribution in [2.24, 2.45) is 0 Å². The van der Waals surface area contributed by atoms with Crippen LogP contribution in [0.3, 0.4) is 0 Å². The number of aromatic nitrogens is 2. The lowest BCUT2D eigenvalue weighted by Gasteiger charge is -2.16. The van der Waals surface area contributed by atoms with E-state index in [0.29, 0.717) is 19.0 Å². The van der Waals surface area contributed by atoms with E-state index in [1.54, 1.807) is 0 Å². The molecule has 0 unspecified atom stereocenters. The number of H-pyrrole nitrogens is 1. The average Bonchev–Trinajstić information content (AvgIpc) is 2.79. The van der Waals surface area contributed by atoms with Crippen LogP contribution in [0.5, 0.6) is 0 Å². The molecule has 1 saturated carbocycles. The maximum atomic E-state index is 12.1. The van der Waals surface area contributed by atoms with Gasteiger partial charge in [-0.1, -0.05) is 43.9 Å². The van der Waals surface area contributed by atoms with Crippen LogP contribution in [-0.2, 0) is 11.2 Å². The van der Waals surface area contributed by atoms with Crippen molar-refractivity contribution < 1.29 is 4.79 Å². The number of halogens is 1. The lowest BCUT2D eigenvalue weighted by Crippen LogP contribution is -2.37. The number of benzene rings is 1. The van der Waals surface area contributed by atoms with Crippen LogP contribution in [0, 0.1) is 0 Å². The molecule has 0 bridgehead atoms. The van der Waals surface area contributed by atoms with E-state index in [0.717, 1.165) is 23.1 Å². The molecule has 1 aromatic carbocycles. The highest BCUT2D eigenvalue weighted by Crippen LogP contribution is 2.17. The lowest BCUT2D eigenvalue weighted by molar-refractivity contribution is -0.120. The van der Waals surface area contributed by atoms with Gasteiger partial charge in [-0.2, -0.15) is 5.10 Å². The van der Waals surface area contributed by atoms with Gasteiger partial charge in [0.2, 0.25) is 5.91 Å². The molecular formula is C18H27ClN4O. The van der Waals surface area contributed by atoms with Gasteiger partial charge in [-0.15, -0.1) is 12.4 Å². The highest BCUT2D eigenvalue weighted by atomic mass is 35.5. The fraction of sp³-hybridized carbons (Fsp3) is 0.556. The van der Waals surface area contributed by atoms with Crippen molar-refractivity contribution in [1.82, 2.24) is 20.8 Å². The predicted molar refractivity (Wildman–Crippen MR) is 99.5 cm³/mol. The number of para-hydroxylation sites is 1. The van der Waals surface area contributed by atoms with Gasteiger partial charge in [0.15, 0.2) is 0 Å². The topological polar surface area (TPSA) is 69.8 Å². The molecule has 3 N–H and O–H groups in total. The standard InChI is InChI=1S/C18H26N4O.ClH/c23-18(13-17-15-9-5-6-10-16(15)21-22-17)20-12-11-19-14-7-3-1-2-4-8-14;/h5-6,9-10,14,19H,1-4,7-8,11-13H2,(H,20,23)(H,21,22);1H. The first-order valence-electron chi connectivity index (χ1n) is 8.75. The fourth-order valence-electron chi connectivity index (χ4n) is 3.33. The number of carbonyl (C=O) groups is 1. The third kappa shape index (κ3) is 5.21. The molecule has 1 aliphatic carbocycles. The van der Waals surface area contributed by atoms with Gasteiger partial charge >= 0.3 is 0 Å². The van der Waals surface area contributed by atoms with Crippen LogP contribution in [0.15, 0.2) is 24.3 Å². The third-order valence-electron chi connectivity index (χ3n) is 4.61. The van der Waals surface area contributed by atoms with Crippen molar-refractivity contribution in [3.8, 4) is 0 Å². The Kier molecular flexibility index (Phi) is 7.53. The number of nitrogens with zero attached hydrogens (tertiary/aromatic N) is 1. The predicted octanol–water partition coefficient (Wildman–Crippen LogP) is 2.96. The summed E-state index contributed by atoms with van der Waals surface area (Å²) >= 11 is 0. The molecule has 0 spiro atoms. The second kappa shape index (κ2) is 9.64. The number of amides is 1. The van der Waals surface area contributed by atoms with Crippen LogP contribution in [0.4, 0.5) is 0 Å². The quantitative estimate of drug-likeness (QED) is 0.554. The third-order valence-corrected chi connectivity index (χ3v) is 4.61. The van der Waals surface area contributed by atoms with Crippen molar-refractivity contribution in [3.63, 3.8) is 0 Å². The minimum atomic E-state index is 0. The molecular weight excluding hydrogens is 324 g/mol. The number of fused-ring (bicyclic) bond motifs is 1. The summed E-state index contributed by atoms with van der Waals surface area (Å²) in [5.74, 6) is 0.0436. The van der Waals surface area contributed by atoms with Crippen LogP contribution in [-0.4, -0.2) is 35.2 Å². The van der Waals surface area contributed by atoms with Gasteiger partial charge in [0, 0.05) is 24.5 Å². The van der Waals surface area contributed by atoms with Gasteiger partial charge < -0.3 is 10.6 Å². The Labute approximate surface area is 149 Å². The molecule has 5 nitrogen and oxygen atoms in total. The molecule has 2 aromatic rings. The largest absolute Gasteiger partial charge is 0.354 e. The smallest absolute Gasteiger partial charge is 0.226 e. The Balaban J connectivity index is 0.00000208. The Morgan fingerprint density at radius 2 is 1.88 bits per heavy atom. The van der Waals surface area contributed by atoms with Crippen molar-refractivity contribution in [2.75, 3.05) is 13.1 Å². The van der Waals surface area contributed by atoms with E-state index in [1.807, 2.05) is 24.3 Å². The maximum Gasteiger partial charge on any atom is 0.226 e. The Morgan fingerprint density at radius 3 is 2.67 bits per heavy atom. The highest BCUT2D eigenvalue weighted by molar-refractivity contribution is 5.87. The van der Waals surface area contributed by atoms with Gasteiger partial charge in [0.05, 0.1) is 17.6 Å². The van der Waals surface area contributed by atoms with Crippen LogP contribution >= 0.6 is 12.4 Å². The van der Waals surface area contributed by atoms with E-state index in [2.05, 4.69) is 20.8 Å². The monoisotopic (exact) mass is 350 g/mol. The summed E-state index contributed by atoms with van der Waals surface area (Å²) in [6.07, 6.45) is 8.29. The van der Waals surface area contributed by atoms with E-state index >= 15 is 0 Å². The zero-order valence-corrected chi connectivity index (χ0v) is 14.8. The van der Waals surface area contributed by atoms with Crippen molar-refractivity contribution in [2.45, 2.75) is 51.0 Å². The van der Waals surface area contributed by atoms with Crippen molar-refractivity contribution in [3.05, 3.63) is 30.0 Å². The van der Waals surface area contributed by atoms with Crippen LogP contribution < -0.4 is 10.6 Å². The summed E-state index contributed by atoms with van der Waals surface area (Å²) in [7, 11) is 0.